The Balaban J connectivity index is 2.73. The molecule has 4 N–H and O–H groups in total. The maximum atomic E-state index is 11.7. The van der Waals surface area contributed by atoms with Gasteiger partial charge in [0.15, 0.2) is 6.29 Å². The Morgan fingerprint density at radius 2 is 1.88 bits per heavy atom. The molecule has 0 aliphatic carbocycles. The number of phenolic OH excluding ortho intramolecular Hbond substituents is 1. The Kier molecular flexibility index (Phi) is 7.05. The predicted octanol–water partition coefficient (Wildman–Crippen LogP) is 2.51. The number of carbonyl (C=O) groups is 1. The second-order valence-electron chi connectivity index (χ2n) is 7.31. The lowest BCUT2D eigenvalue weighted by atomic mass is 9.94. The average molecular weight is 339 g/mol. The van der Waals surface area contributed by atoms with Gasteiger partial charge in [-0.2, -0.15) is 0 Å². The molecule has 1 rings (SSSR count). The Morgan fingerprint density at radius 1 is 1.25 bits per heavy atom. The van der Waals surface area contributed by atoms with Crippen LogP contribution in [-0.2, 0) is 11.2 Å². The van der Waals surface area contributed by atoms with Crippen LogP contribution in [0.1, 0.15) is 51.7 Å². The first kappa shape index (κ1) is 20.3. The van der Waals surface area contributed by atoms with Crippen LogP contribution in [0, 0.1) is 5.92 Å². The molecular formula is C18H29NO5. The number of carbonyl (C=O) groups excluding carboxylic acids is 1. The molecule has 0 bridgehead atoms. The molecule has 1 aromatic rings. The summed E-state index contributed by atoms with van der Waals surface area (Å²) in [7, 11) is 0. The fraction of sp³-hybridized carbons (Fsp3) is 0.611. The number of aliphatic hydroxyl groups is 2. The minimum atomic E-state index is -1.57. The molecule has 24 heavy (non-hydrogen) atoms. The maximum Gasteiger partial charge on any atom is 0.407 e. The summed E-state index contributed by atoms with van der Waals surface area (Å²) in [5.74, 6) is -0.203. The van der Waals surface area contributed by atoms with Crippen LogP contribution >= 0.6 is 0 Å². The molecule has 0 radical (unpaired) electrons. The van der Waals surface area contributed by atoms with Gasteiger partial charge in [0.25, 0.3) is 0 Å². The zero-order valence-corrected chi connectivity index (χ0v) is 15.0. The second-order valence-corrected chi connectivity index (χ2v) is 7.31. The van der Waals surface area contributed by atoms with Crippen molar-refractivity contribution >= 4 is 6.09 Å². The summed E-state index contributed by atoms with van der Waals surface area (Å²) >= 11 is 0. The Morgan fingerprint density at radius 3 is 2.38 bits per heavy atom. The van der Waals surface area contributed by atoms with Crippen LogP contribution < -0.4 is 5.32 Å². The van der Waals surface area contributed by atoms with Crippen molar-refractivity contribution in [1.82, 2.24) is 5.32 Å². The van der Waals surface area contributed by atoms with Crippen LogP contribution in [0.5, 0.6) is 5.75 Å². The van der Waals surface area contributed by atoms with Gasteiger partial charge in [-0.05, 0) is 50.3 Å². The van der Waals surface area contributed by atoms with Gasteiger partial charge in [0.2, 0.25) is 0 Å². The van der Waals surface area contributed by atoms with Crippen molar-refractivity contribution in [2.45, 2.75) is 58.8 Å². The number of hydrogen-bond donors (Lipinski definition) is 4. The number of hydrogen-bond acceptors (Lipinski definition) is 5. The van der Waals surface area contributed by atoms with Gasteiger partial charge in [-0.25, -0.2) is 4.79 Å². The lowest BCUT2D eigenvalue weighted by Crippen LogP contribution is -2.39. The van der Waals surface area contributed by atoms with Gasteiger partial charge in [0.1, 0.15) is 11.4 Å². The second kappa shape index (κ2) is 8.35. The molecule has 0 saturated heterocycles. The van der Waals surface area contributed by atoms with E-state index in [1.807, 2.05) is 19.9 Å². The molecule has 1 atom stereocenters. The van der Waals surface area contributed by atoms with Crippen LogP contribution in [0.4, 0.5) is 4.79 Å². The normalized spacial score (nSPS) is 13.2. The summed E-state index contributed by atoms with van der Waals surface area (Å²) in [4.78, 5) is 11.7. The number of ether oxygens (including phenoxy) is 1. The molecule has 6 nitrogen and oxygen atoms in total. The van der Waals surface area contributed by atoms with E-state index < -0.39 is 23.9 Å². The smallest absolute Gasteiger partial charge is 0.407 e. The summed E-state index contributed by atoms with van der Waals surface area (Å²) in [6.45, 7) is 9.30. The molecule has 1 unspecified atom stereocenters. The largest absolute Gasteiger partial charge is 0.508 e. The third-order valence-corrected chi connectivity index (χ3v) is 3.54. The summed E-state index contributed by atoms with van der Waals surface area (Å²) in [5, 5.41) is 31.6. The van der Waals surface area contributed by atoms with E-state index in [1.165, 1.54) is 0 Å². The van der Waals surface area contributed by atoms with E-state index >= 15 is 0 Å². The van der Waals surface area contributed by atoms with Crippen molar-refractivity contribution < 1.29 is 24.9 Å². The van der Waals surface area contributed by atoms with E-state index in [-0.39, 0.29) is 18.2 Å². The third kappa shape index (κ3) is 6.76. The molecule has 1 amide bonds. The van der Waals surface area contributed by atoms with Gasteiger partial charge >= 0.3 is 6.09 Å². The average Bonchev–Trinajstić information content (AvgIpc) is 2.42. The van der Waals surface area contributed by atoms with Gasteiger partial charge in [0.05, 0.1) is 0 Å². The van der Waals surface area contributed by atoms with E-state index in [2.05, 4.69) is 5.32 Å². The van der Waals surface area contributed by atoms with Crippen LogP contribution in [0.3, 0.4) is 0 Å². The molecule has 0 aliphatic rings. The van der Waals surface area contributed by atoms with Crippen molar-refractivity contribution in [2.24, 2.45) is 5.92 Å². The summed E-state index contributed by atoms with van der Waals surface area (Å²) in [5.41, 5.74) is 1.06. The van der Waals surface area contributed by atoms with Gasteiger partial charge in [-0.1, -0.05) is 26.0 Å². The molecule has 1 aromatic carbocycles. The number of phenols is 1. The Labute approximate surface area is 143 Å². The first-order chi connectivity index (χ1) is 11.0. The zero-order chi connectivity index (χ0) is 18.5. The summed E-state index contributed by atoms with van der Waals surface area (Å²) < 4.78 is 5.14. The zero-order valence-electron chi connectivity index (χ0n) is 15.0. The molecule has 0 aliphatic heterocycles. The van der Waals surface area contributed by atoms with Gasteiger partial charge in [-0.3, -0.25) is 0 Å². The number of aromatic hydroxyl groups is 1. The molecule has 136 valence electrons. The monoisotopic (exact) mass is 339 g/mol. The molecule has 0 fully saturated rings. The molecule has 0 saturated carbocycles. The molecule has 6 heteroatoms. The lowest BCUT2D eigenvalue weighted by Gasteiger charge is -2.23. The first-order valence-electron chi connectivity index (χ1n) is 8.14. The van der Waals surface area contributed by atoms with Crippen LogP contribution in [0.25, 0.3) is 0 Å². The van der Waals surface area contributed by atoms with Crippen molar-refractivity contribution in [1.29, 1.82) is 0 Å². The lowest BCUT2D eigenvalue weighted by molar-refractivity contribution is -0.0825. The Hall–Kier alpha value is -1.79. The highest BCUT2D eigenvalue weighted by atomic mass is 16.6. The molecule has 0 spiro atoms. The highest BCUT2D eigenvalue weighted by Crippen LogP contribution is 2.27. The fourth-order valence-electron chi connectivity index (χ4n) is 2.31. The predicted molar refractivity (Wildman–Crippen MR) is 91.9 cm³/mol. The summed E-state index contributed by atoms with van der Waals surface area (Å²) in [6, 6.07) is 5.19. The number of alkyl carbamates (subject to hydrolysis) is 1. The van der Waals surface area contributed by atoms with Gasteiger partial charge in [-0.15, -0.1) is 0 Å². The van der Waals surface area contributed by atoms with E-state index in [1.54, 1.807) is 32.9 Å². The minimum absolute atomic E-state index is 0.0739. The molecule has 0 aromatic heterocycles. The molecular weight excluding hydrogens is 310 g/mol. The van der Waals surface area contributed by atoms with Crippen molar-refractivity contribution in [3.63, 3.8) is 0 Å². The number of nitrogens with one attached hydrogen (secondary N) is 1. The SMILES string of the molecule is CC(C)c1cc(CC(CNC(=O)OC(C)(C)C)C(O)O)ccc1O. The van der Waals surface area contributed by atoms with E-state index in [9.17, 15) is 20.1 Å². The summed E-state index contributed by atoms with van der Waals surface area (Å²) in [6.07, 6.45) is -1.81. The highest BCUT2D eigenvalue weighted by molar-refractivity contribution is 5.67. The molecule has 0 heterocycles. The maximum absolute atomic E-state index is 11.7. The van der Waals surface area contributed by atoms with Crippen LogP contribution in [-0.4, -0.2) is 39.8 Å². The standard InChI is InChI=1S/C18H29NO5/c1-11(2)14-9-12(6-7-15(14)20)8-13(16(21)22)10-19-17(23)24-18(3,4)5/h6-7,9,11,13,16,20-22H,8,10H2,1-5H3,(H,19,23). The van der Waals surface area contributed by atoms with E-state index in [0.29, 0.717) is 6.42 Å². The minimum Gasteiger partial charge on any atom is -0.508 e. The Bertz CT molecular complexity index is 549. The number of amides is 1. The van der Waals surface area contributed by atoms with Gasteiger partial charge in [0, 0.05) is 12.5 Å². The van der Waals surface area contributed by atoms with E-state index in [0.717, 1.165) is 11.1 Å². The van der Waals surface area contributed by atoms with Crippen molar-refractivity contribution in [3.05, 3.63) is 29.3 Å². The van der Waals surface area contributed by atoms with Crippen molar-refractivity contribution in [3.8, 4) is 5.75 Å². The number of aliphatic hydroxyl groups excluding tert-OH is 1. The van der Waals surface area contributed by atoms with Crippen molar-refractivity contribution in [2.75, 3.05) is 6.54 Å². The quantitative estimate of drug-likeness (QED) is 0.597. The topological polar surface area (TPSA) is 99.0 Å². The number of rotatable bonds is 6. The van der Waals surface area contributed by atoms with Gasteiger partial charge < -0.3 is 25.4 Å². The number of benzene rings is 1. The third-order valence-electron chi connectivity index (χ3n) is 3.54. The highest BCUT2D eigenvalue weighted by Gasteiger charge is 2.21. The fourth-order valence-corrected chi connectivity index (χ4v) is 2.31. The van der Waals surface area contributed by atoms with E-state index in [4.69, 9.17) is 4.74 Å². The van der Waals surface area contributed by atoms with Crippen LogP contribution in [0.15, 0.2) is 18.2 Å². The van der Waals surface area contributed by atoms with Crippen LogP contribution in [0.2, 0.25) is 0 Å². The first-order valence-corrected chi connectivity index (χ1v) is 8.14.